The molecule has 4 rings (SSSR count). The number of alkyl halides is 1. The Bertz CT molecular complexity index is 1030. The molecule has 1 fully saturated rings. The predicted octanol–water partition coefficient (Wildman–Crippen LogP) is 2.99. The number of nitrogens with zero attached hydrogens (tertiary/aromatic N) is 3. The highest BCUT2D eigenvalue weighted by atomic mass is 19.1. The van der Waals surface area contributed by atoms with Gasteiger partial charge in [-0.1, -0.05) is 24.3 Å². The fourth-order valence-corrected chi connectivity index (χ4v) is 3.40. The van der Waals surface area contributed by atoms with E-state index in [1.54, 1.807) is 12.1 Å². The number of halogens is 1. The molecular weight excluding hydrogens is 345 g/mol. The van der Waals surface area contributed by atoms with Gasteiger partial charge in [0.2, 0.25) is 0 Å². The van der Waals surface area contributed by atoms with Crippen LogP contribution < -0.4 is 10.6 Å². The summed E-state index contributed by atoms with van der Waals surface area (Å²) in [5.74, 6) is 0.564. The number of fused-ring (bicyclic) bond motifs is 1. The number of nitrogens with one attached hydrogen (secondary N) is 2. The molecule has 7 heteroatoms. The van der Waals surface area contributed by atoms with E-state index in [1.165, 1.54) is 6.07 Å². The van der Waals surface area contributed by atoms with Gasteiger partial charge >= 0.3 is 0 Å². The Balaban J connectivity index is 1.76. The van der Waals surface area contributed by atoms with E-state index in [-0.39, 0.29) is 11.8 Å². The van der Waals surface area contributed by atoms with Crippen LogP contribution >= 0.6 is 0 Å². The Morgan fingerprint density at radius 1 is 1.15 bits per heavy atom. The number of aromatic nitrogens is 2. The first-order valence-corrected chi connectivity index (χ1v) is 8.76. The first-order valence-electron chi connectivity index (χ1n) is 8.76. The maximum atomic E-state index is 13.7. The summed E-state index contributed by atoms with van der Waals surface area (Å²) in [6.07, 6.45) is -0.466. The highest BCUT2D eigenvalue weighted by Gasteiger charge is 2.22. The molecule has 0 aliphatic carbocycles. The molecule has 0 spiro atoms. The van der Waals surface area contributed by atoms with Crippen molar-refractivity contribution >= 4 is 16.6 Å². The van der Waals surface area contributed by atoms with Crippen molar-refractivity contribution in [3.8, 4) is 23.1 Å². The number of piperidine rings is 1. The minimum absolute atomic E-state index is 0.0223. The summed E-state index contributed by atoms with van der Waals surface area (Å²) >= 11 is 0. The first kappa shape index (κ1) is 17.2. The standard InChI is InChI=1S/C20H18FN5O/c21-13-8-14(11-23-10-13)24-20-16-4-2-1-3-15(16)19(25-26-20)17-6-5-12(9-22)7-18(17)27/h1-7,13-14,23,27H,8,10-11H2,(H,24,26)/t13-,14-/m1/s1. The van der Waals surface area contributed by atoms with E-state index in [1.807, 2.05) is 30.3 Å². The van der Waals surface area contributed by atoms with Crippen LogP contribution in [-0.4, -0.2) is 40.6 Å². The summed E-state index contributed by atoms with van der Waals surface area (Å²) in [5, 5.41) is 35.9. The second-order valence-electron chi connectivity index (χ2n) is 6.62. The molecule has 0 radical (unpaired) electrons. The van der Waals surface area contributed by atoms with Gasteiger partial charge in [-0.25, -0.2) is 4.39 Å². The van der Waals surface area contributed by atoms with Gasteiger partial charge in [0, 0.05) is 41.9 Å². The summed E-state index contributed by atoms with van der Waals surface area (Å²) in [6.45, 7) is 1.04. The lowest BCUT2D eigenvalue weighted by Crippen LogP contribution is -2.44. The predicted molar refractivity (Wildman–Crippen MR) is 101 cm³/mol. The Labute approximate surface area is 155 Å². The average molecular weight is 363 g/mol. The zero-order valence-electron chi connectivity index (χ0n) is 14.5. The lowest BCUT2D eigenvalue weighted by Gasteiger charge is -2.27. The Morgan fingerprint density at radius 3 is 2.70 bits per heavy atom. The van der Waals surface area contributed by atoms with Gasteiger partial charge in [0.25, 0.3) is 0 Å². The Morgan fingerprint density at radius 2 is 1.96 bits per heavy atom. The van der Waals surface area contributed by atoms with Crippen LogP contribution in [0, 0.1) is 11.3 Å². The quantitative estimate of drug-likeness (QED) is 0.662. The lowest BCUT2D eigenvalue weighted by atomic mass is 10.0. The van der Waals surface area contributed by atoms with Gasteiger partial charge in [-0.3, -0.25) is 0 Å². The van der Waals surface area contributed by atoms with Gasteiger partial charge < -0.3 is 15.7 Å². The zero-order valence-corrected chi connectivity index (χ0v) is 14.5. The molecule has 2 heterocycles. The fourth-order valence-electron chi connectivity index (χ4n) is 3.40. The number of hydrogen-bond acceptors (Lipinski definition) is 6. The molecule has 2 atom stereocenters. The second-order valence-corrected chi connectivity index (χ2v) is 6.62. The van der Waals surface area contributed by atoms with E-state index in [9.17, 15) is 9.50 Å². The van der Waals surface area contributed by atoms with Crippen molar-refractivity contribution in [3.05, 3.63) is 48.0 Å². The van der Waals surface area contributed by atoms with Crippen molar-refractivity contribution < 1.29 is 9.50 Å². The highest BCUT2D eigenvalue weighted by molar-refractivity contribution is 6.00. The van der Waals surface area contributed by atoms with Gasteiger partial charge in [0.1, 0.15) is 17.6 Å². The van der Waals surface area contributed by atoms with Crippen LogP contribution in [-0.2, 0) is 0 Å². The van der Waals surface area contributed by atoms with E-state index in [0.717, 1.165) is 10.8 Å². The SMILES string of the molecule is N#Cc1ccc(-c2nnc(N[C@H]3CNC[C@H](F)C3)c3ccccc23)c(O)c1. The maximum Gasteiger partial charge on any atom is 0.156 e. The van der Waals surface area contributed by atoms with Crippen LogP contribution in [0.4, 0.5) is 10.2 Å². The van der Waals surface area contributed by atoms with E-state index in [2.05, 4.69) is 20.8 Å². The molecule has 27 heavy (non-hydrogen) atoms. The third-order valence-electron chi connectivity index (χ3n) is 4.71. The summed E-state index contributed by atoms with van der Waals surface area (Å²) in [4.78, 5) is 0. The van der Waals surface area contributed by atoms with Gasteiger partial charge in [-0.05, 0) is 18.2 Å². The van der Waals surface area contributed by atoms with Crippen molar-refractivity contribution in [3.63, 3.8) is 0 Å². The number of anilines is 1. The number of aromatic hydroxyl groups is 1. The summed E-state index contributed by atoms with van der Waals surface area (Å²) in [7, 11) is 0. The van der Waals surface area contributed by atoms with Crippen molar-refractivity contribution in [2.75, 3.05) is 18.4 Å². The minimum atomic E-state index is -0.884. The zero-order chi connectivity index (χ0) is 18.8. The summed E-state index contributed by atoms with van der Waals surface area (Å²) < 4.78 is 13.7. The molecule has 1 aliphatic rings. The second kappa shape index (κ2) is 7.17. The average Bonchev–Trinajstić information content (AvgIpc) is 2.68. The molecule has 3 N–H and O–H groups in total. The normalized spacial score (nSPS) is 19.6. The number of hydrogen-bond donors (Lipinski definition) is 3. The molecule has 2 aromatic carbocycles. The summed E-state index contributed by atoms with van der Waals surface area (Å²) in [5.41, 5.74) is 1.41. The van der Waals surface area contributed by atoms with Crippen LogP contribution in [0.2, 0.25) is 0 Å². The molecule has 6 nitrogen and oxygen atoms in total. The molecule has 0 unspecified atom stereocenters. The number of nitriles is 1. The van der Waals surface area contributed by atoms with Crippen LogP contribution in [0.15, 0.2) is 42.5 Å². The molecule has 0 amide bonds. The number of phenols is 1. The minimum Gasteiger partial charge on any atom is -0.507 e. The molecular formula is C20H18FN5O. The van der Waals surface area contributed by atoms with Crippen LogP contribution in [0.1, 0.15) is 12.0 Å². The smallest absolute Gasteiger partial charge is 0.156 e. The molecule has 1 aliphatic heterocycles. The molecule has 1 aromatic heterocycles. The molecule has 1 saturated heterocycles. The third kappa shape index (κ3) is 3.39. The summed E-state index contributed by atoms with van der Waals surface area (Å²) in [6, 6.07) is 14.2. The maximum absolute atomic E-state index is 13.7. The van der Waals surface area contributed by atoms with Gasteiger partial charge in [0.15, 0.2) is 5.82 Å². The van der Waals surface area contributed by atoms with Gasteiger partial charge in [-0.15, -0.1) is 10.2 Å². The van der Waals surface area contributed by atoms with Crippen LogP contribution in [0.3, 0.4) is 0 Å². The molecule has 136 valence electrons. The van der Waals surface area contributed by atoms with E-state index >= 15 is 0 Å². The molecule has 0 bridgehead atoms. The Hall–Kier alpha value is -3.24. The van der Waals surface area contributed by atoms with E-state index < -0.39 is 6.17 Å². The van der Waals surface area contributed by atoms with Gasteiger partial charge in [-0.2, -0.15) is 5.26 Å². The van der Waals surface area contributed by atoms with Crippen molar-refractivity contribution in [2.24, 2.45) is 0 Å². The van der Waals surface area contributed by atoms with Crippen molar-refractivity contribution in [1.82, 2.24) is 15.5 Å². The number of phenolic OH excluding ortho intramolecular Hbond substituents is 1. The molecule has 0 saturated carbocycles. The topological polar surface area (TPSA) is 93.9 Å². The van der Waals surface area contributed by atoms with Crippen LogP contribution in [0.25, 0.3) is 22.0 Å². The monoisotopic (exact) mass is 363 g/mol. The number of rotatable bonds is 3. The Kier molecular flexibility index (Phi) is 4.57. The van der Waals surface area contributed by atoms with E-state index in [4.69, 9.17) is 5.26 Å². The van der Waals surface area contributed by atoms with Crippen molar-refractivity contribution in [2.45, 2.75) is 18.6 Å². The number of benzene rings is 2. The first-order chi connectivity index (χ1) is 13.2. The van der Waals surface area contributed by atoms with Crippen molar-refractivity contribution in [1.29, 1.82) is 5.26 Å². The third-order valence-corrected chi connectivity index (χ3v) is 4.71. The van der Waals surface area contributed by atoms with Gasteiger partial charge in [0.05, 0.1) is 11.6 Å². The van der Waals surface area contributed by atoms with E-state index in [0.29, 0.717) is 42.1 Å². The fraction of sp³-hybridized carbons (Fsp3) is 0.250. The highest BCUT2D eigenvalue weighted by Crippen LogP contribution is 2.35. The lowest BCUT2D eigenvalue weighted by molar-refractivity contribution is 0.255. The van der Waals surface area contributed by atoms with Crippen LogP contribution in [0.5, 0.6) is 5.75 Å². The largest absolute Gasteiger partial charge is 0.507 e. The molecule has 3 aromatic rings.